The van der Waals surface area contributed by atoms with Gasteiger partial charge in [-0.05, 0) is 78.2 Å². The number of anilines is 1. The molecule has 0 unspecified atom stereocenters. The average Bonchev–Trinajstić information content (AvgIpc) is 3.03. The van der Waals surface area contributed by atoms with Crippen LogP contribution in [0.5, 0.6) is 0 Å². The van der Waals surface area contributed by atoms with Gasteiger partial charge in [-0.25, -0.2) is 4.68 Å². The van der Waals surface area contributed by atoms with Crippen molar-refractivity contribution in [2.45, 2.75) is 6.54 Å². The molecule has 0 radical (unpaired) electrons. The van der Waals surface area contributed by atoms with Crippen molar-refractivity contribution in [2.75, 3.05) is 5.32 Å². The van der Waals surface area contributed by atoms with Crippen LogP contribution in [0.25, 0.3) is 5.69 Å². The topological polar surface area (TPSA) is 55.6 Å². The van der Waals surface area contributed by atoms with E-state index in [4.69, 9.17) is 0 Å². The molecule has 0 atom stereocenters. The van der Waals surface area contributed by atoms with Gasteiger partial charge >= 0.3 is 0 Å². The number of hydrogen-bond acceptors (Lipinski definition) is 4. The van der Waals surface area contributed by atoms with Gasteiger partial charge < -0.3 is 5.32 Å². The standard InChI is InChI=1S/C14H11Br2N5/c15-13-5-4-10(6-14(13)16)8-17-11-2-1-3-12(7-11)21-9-18-19-20-21/h1-7,9,17H,8H2. The van der Waals surface area contributed by atoms with Crippen LogP contribution < -0.4 is 5.32 Å². The molecule has 0 aliphatic rings. The second-order valence-corrected chi connectivity index (χ2v) is 6.12. The second kappa shape index (κ2) is 6.36. The van der Waals surface area contributed by atoms with E-state index in [1.165, 1.54) is 5.56 Å². The normalized spacial score (nSPS) is 10.6. The number of hydrogen-bond donors (Lipinski definition) is 1. The highest BCUT2D eigenvalue weighted by atomic mass is 79.9. The van der Waals surface area contributed by atoms with E-state index in [2.05, 4.69) is 64.8 Å². The fourth-order valence-corrected chi connectivity index (χ4v) is 2.56. The van der Waals surface area contributed by atoms with Crippen molar-refractivity contribution in [1.29, 1.82) is 0 Å². The van der Waals surface area contributed by atoms with Crippen LogP contribution in [0.15, 0.2) is 57.7 Å². The molecule has 1 aromatic heterocycles. The molecule has 0 spiro atoms. The average molecular weight is 409 g/mol. The molecular formula is C14H11Br2N5. The van der Waals surface area contributed by atoms with Crippen molar-refractivity contribution in [3.05, 3.63) is 63.3 Å². The summed E-state index contributed by atoms with van der Waals surface area (Å²) in [4.78, 5) is 0. The third-order valence-electron chi connectivity index (χ3n) is 2.94. The molecule has 1 N–H and O–H groups in total. The van der Waals surface area contributed by atoms with Crippen LogP contribution in [0.4, 0.5) is 5.69 Å². The zero-order valence-corrected chi connectivity index (χ0v) is 14.0. The van der Waals surface area contributed by atoms with E-state index in [1.807, 2.05) is 30.3 Å². The number of aromatic nitrogens is 4. The van der Waals surface area contributed by atoms with Gasteiger partial charge in [0.25, 0.3) is 0 Å². The third-order valence-corrected chi connectivity index (χ3v) is 4.82. The molecule has 1 heterocycles. The minimum atomic E-state index is 0.741. The van der Waals surface area contributed by atoms with Crippen LogP contribution in [0.3, 0.4) is 0 Å². The van der Waals surface area contributed by atoms with Gasteiger partial charge in [-0.2, -0.15) is 0 Å². The Morgan fingerprint density at radius 2 is 1.95 bits per heavy atom. The summed E-state index contributed by atoms with van der Waals surface area (Å²) in [5.41, 5.74) is 3.13. The van der Waals surface area contributed by atoms with Crippen molar-refractivity contribution < 1.29 is 0 Å². The number of halogens is 2. The molecule has 0 fully saturated rings. The molecular weight excluding hydrogens is 398 g/mol. The predicted octanol–water partition coefficient (Wildman–Crippen LogP) is 3.80. The lowest BCUT2D eigenvalue weighted by Crippen LogP contribution is -2.01. The van der Waals surface area contributed by atoms with Crippen LogP contribution in [0, 0.1) is 0 Å². The van der Waals surface area contributed by atoms with E-state index in [1.54, 1.807) is 11.0 Å². The third kappa shape index (κ3) is 3.48. The number of benzene rings is 2. The van der Waals surface area contributed by atoms with Crippen LogP contribution >= 0.6 is 31.9 Å². The van der Waals surface area contributed by atoms with Crippen molar-refractivity contribution in [1.82, 2.24) is 20.2 Å². The Balaban J connectivity index is 1.73. The zero-order valence-electron chi connectivity index (χ0n) is 10.9. The minimum absolute atomic E-state index is 0.741. The first-order valence-electron chi connectivity index (χ1n) is 6.23. The molecule has 7 heteroatoms. The molecule has 21 heavy (non-hydrogen) atoms. The number of nitrogens with zero attached hydrogens (tertiary/aromatic N) is 4. The van der Waals surface area contributed by atoms with Crippen molar-refractivity contribution in [2.24, 2.45) is 0 Å². The smallest absolute Gasteiger partial charge is 0.143 e. The van der Waals surface area contributed by atoms with E-state index < -0.39 is 0 Å². The number of tetrazole rings is 1. The highest BCUT2D eigenvalue weighted by Crippen LogP contribution is 2.24. The molecule has 0 saturated carbocycles. The number of nitrogens with one attached hydrogen (secondary N) is 1. The van der Waals surface area contributed by atoms with E-state index in [9.17, 15) is 0 Å². The van der Waals surface area contributed by atoms with Crippen molar-refractivity contribution >= 4 is 37.5 Å². The summed E-state index contributed by atoms with van der Waals surface area (Å²) < 4.78 is 3.72. The van der Waals surface area contributed by atoms with Gasteiger partial charge in [0.05, 0.1) is 5.69 Å². The van der Waals surface area contributed by atoms with Gasteiger partial charge in [-0.1, -0.05) is 12.1 Å². The molecule has 0 amide bonds. The Kier molecular flexibility index (Phi) is 4.31. The van der Waals surface area contributed by atoms with Crippen LogP contribution in [0.2, 0.25) is 0 Å². The maximum atomic E-state index is 3.88. The Labute approximate surface area is 138 Å². The summed E-state index contributed by atoms with van der Waals surface area (Å²) in [5, 5.41) is 14.6. The summed E-state index contributed by atoms with van der Waals surface area (Å²) in [6.45, 7) is 0.741. The molecule has 2 aromatic carbocycles. The summed E-state index contributed by atoms with van der Waals surface area (Å²) >= 11 is 6.98. The summed E-state index contributed by atoms with van der Waals surface area (Å²) in [6.07, 6.45) is 1.57. The van der Waals surface area contributed by atoms with Crippen LogP contribution in [-0.4, -0.2) is 20.2 Å². The Morgan fingerprint density at radius 1 is 1.05 bits per heavy atom. The fourth-order valence-electron chi connectivity index (χ4n) is 1.89. The SMILES string of the molecule is Brc1ccc(CNc2cccc(-n3cnnn3)c2)cc1Br. The van der Waals surface area contributed by atoms with Gasteiger partial charge in [-0.3, -0.25) is 0 Å². The molecule has 3 aromatic rings. The zero-order chi connectivity index (χ0) is 14.7. The Bertz CT molecular complexity index is 743. The molecule has 3 rings (SSSR count). The van der Waals surface area contributed by atoms with Gasteiger partial charge in [-0.15, -0.1) is 5.10 Å². The van der Waals surface area contributed by atoms with Gasteiger partial charge in [0.1, 0.15) is 6.33 Å². The largest absolute Gasteiger partial charge is 0.381 e. The maximum absolute atomic E-state index is 3.88. The molecule has 0 aliphatic carbocycles. The quantitative estimate of drug-likeness (QED) is 0.713. The molecule has 5 nitrogen and oxygen atoms in total. The molecule has 0 bridgehead atoms. The van der Waals surface area contributed by atoms with Crippen LogP contribution in [0.1, 0.15) is 5.56 Å². The Hall–Kier alpha value is -1.73. The molecule has 0 aliphatic heterocycles. The monoisotopic (exact) mass is 407 g/mol. The maximum Gasteiger partial charge on any atom is 0.143 e. The summed E-state index contributed by atoms with van der Waals surface area (Å²) in [5.74, 6) is 0. The van der Waals surface area contributed by atoms with Crippen LogP contribution in [-0.2, 0) is 6.54 Å². The first-order valence-corrected chi connectivity index (χ1v) is 7.82. The van der Waals surface area contributed by atoms with Crippen molar-refractivity contribution in [3.8, 4) is 5.69 Å². The lowest BCUT2D eigenvalue weighted by Gasteiger charge is -2.09. The van der Waals surface area contributed by atoms with E-state index >= 15 is 0 Å². The number of rotatable bonds is 4. The lowest BCUT2D eigenvalue weighted by molar-refractivity contribution is 0.789. The summed E-state index contributed by atoms with van der Waals surface area (Å²) in [7, 11) is 0. The van der Waals surface area contributed by atoms with Crippen molar-refractivity contribution in [3.63, 3.8) is 0 Å². The van der Waals surface area contributed by atoms with E-state index in [-0.39, 0.29) is 0 Å². The fraction of sp³-hybridized carbons (Fsp3) is 0.0714. The highest BCUT2D eigenvalue weighted by molar-refractivity contribution is 9.13. The first-order chi connectivity index (χ1) is 10.2. The lowest BCUT2D eigenvalue weighted by atomic mass is 10.2. The van der Waals surface area contributed by atoms with Gasteiger partial charge in [0, 0.05) is 21.2 Å². The first kappa shape index (κ1) is 14.2. The Morgan fingerprint density at radius 3 is 2.71 bits per heavy atom. The van der Waals surface area contributed by atoms with Gasteiger partial charge in [0.15, 0.2) is 0 Å². The predicted molar refractivity (Wildman–Crippen MR) is 88.3 cm³/mol. The molecule has 0 saturated heterocycles. The second-order valence-electron chi connectivity index (χ2n) is 4.41. The van der Waals surface area contributed by atoms with E-state index in [0.717, 1.165) is 26.9 Å². The molecule has 106 valence electrons. The minimum Gasteiger partial charge on any atom is -0.381 e. The highest BCUT2D eigenvalue weighted by Gasteiger charge is 2.01. The van der Waals surface area contributed by atoms with Gasteiger partial charge in [0.2, 0.25) is 0 Å². The summed E-state index contributed by atoms with van der Waals surface area (Å²) in [6, 6.07) is 14.1. The van der Waals surface area contributed by atoms with E-state index in [0.29, 0.717) is 0 Å².